The molecule has 0 saturated carbocycles. The second kappa shape index (κ2) is 6.17. The normalized spacial score (nSPS) is 31.9. The zero-order valence-corrected chi connectivity index (χ0v) is 11.5. The van der Waals surface area contributed by atoms with Gasteiger partial charge in [0.15, 0.2) is 0 Å². The molecule has 2 heterocycles. The molecule has 2 rings (SSSR count). The van der Waals surface area contributed by atoms with Crippen molar-refractivity contribution in [3.8, 4) is 0 Å². The molecular formula is C13H23N2O4-. The van der Waals surface area contributed by atoms with Crippen LogP contribution in [0.1, 0.15) is 39.0 Å². The number of nitrogens with zero attached hydrogens (tertiary/aromatic N) is 2. The van der Waals surface area contributed by atoms with Crippen molar-refractivity contribution in [3.05, 3.63) is 10.4 Å². The van der Waals surface area contributed by atoms with Gasteiger partial charge in [-0.15, -0.1) is 0 Å². The van der Waals surface area contributed by atoms with E-state index in [9.17, 15) is 15.2 Å². The van der Waals surface area contributed by atoms with Crippen LogP contribution in [0, 0.1) is 16.3 Å². The molecule has 0 N–H and O–H groups in total. The number of rotatable bonds is 3. The summed E-state index contributed by atoms with van der Waals surface area (Å²) in [6.45, 7) is 3.27. The summed E-state index contributed by atoms with van der Waals surface area (Å²) in [4.78, 5) is 12.0. The van der Waals surface area contributed by atoms with Gasteiger partial charge in [0.1, 0.15) is 12.1 Å². The Morgan fingerprint density at radius 2 is 2.00 bits per heavy atom. The Morgan fingerprint density at radius 1 is 1.32 bits per heavy atom. The average Bonchev–Trinajstić information content (AvgIpc) is 2.39. The molecule has 2 saturated heterocycles. The second-order valence-electron chi connectivity index (χ2n) is 5.52. The lowest BCUT2D eigenvalue weighted by Crippen LogP contribution is -2.65. The predicted octanol–water partition coefficient (Wildman–Crippen LogP) is 1.58. The third kappa shape index (κ3) is 3.08. The molecule has 19 heavy (non-hydrogen) atoms. The van der Waals surface area contributed by atoms with Gasteiger partial charge in [0.05, 0.1) is 19.7 Å². The summed E-state index contributed by atoms with van der Waals surface area (Å²) < 4.78 is 4.51. The lowest BCUT2D eigenvalue weighted by atomic mass is 9.92. The molecule has 0 aromatic heterocycles. The molecule has 0 bridgehead atoms. The Bertz CT molecular complexity index is 318. The molecule has 6 nitrogen and oxygen atoms in total. The van der Waals surface area contributed by atoms with Crippen LogP contribution in [0.15, 0.2) is 0 Å². The molecule has 0 spiro atoms. The summed E-state index contributed by atoms with van der Waals surface area (Å²) in [6, 6.07) is 0. The summed E-state index contributed by atoms with van der Waals surface area (Å²) >= 11 is 0. The Morgan fingerprint density at radius 3 is 2.63 bits per heavy atom. The molecule has 0 amide bonds. The number of likely N-dealkylation sites (tertiary alicyclic amines) is 1. The summed E-state index contributed by atoms with van der Waals surface area (Å²) in [5.41, 5.74) is 0. The predicted molar refractivity (Wildman–Crippen MR) is 70.4 cm³/mol. The maximum absolute atomic E-state index is 12.9. The van der Waals surface area contributed by atoms with E-state index in [0.717, 1.165) is 24.3 Å². The molecular weight excluding hydrogens is 248 g/mol. The molecule has 2 atom stereocenters. The van der Waals surface area contributed by atoms with Crippen molar-refractivity contribution in [2.24, 2.45) is 5.92 Å². The van der Waals surface area contributed by atoms with Crippen LogP contribution >= 0.6 is 0 Å². The topological polar surface area (TPSA) is 75.7 Å². The summed E-state index contributed by atoms with van der Waals surface area (Å²) in [7, 11) is 0. The van der Waals surface area contributed by atoms with Gasteiger partial charge >= 0.3 is 5.97 Å². The largest absolute Gasteiger partial charge is 0.781 e. The number of ether oxygens (including phenoxy) is 1. The van der Waals surface area contributed by atoms with Crippen molar-refractivity contribution in [1.29, 1.82) is 0 Å². The minimum absolute atomic E-state index is 0.291. The number of esters is 1. The molecule has 0 aromatic rings. The first kappa shape index (κ1) is 14.7. The van der Waals surface area contributed by atoms with Gasteiger partial charge < -0.3 is 24.9 Å². The lowest BCUT2D eigenvalue weighted by Gasteiger charge is -2.59. The number of hydroxylamine groups is 5. The quantitative estimate of drug-likeness (QED) is 0.442. The van der Waals surface area contributed by atoms with Gasteiger partial charge in [0, 0.05) is 0 Å². The van der Waals surface area contributed by atoms with Gasteiger partial charge in [0.2, 0.25) is 0 Å². The standard InChI is InChI=1S/C13H23N2O4/c1-2-19-13(16)11-7-6-8-14(17)12(11)15(18)9-4-3-5-10-15/h11-12H,2-10H2,1H3/q-1. The minimum atomic E-state index is -0.798. The summed E-state index contributed by atoms with van der Waals surface area (Å²) in [5, 5.41) is 25.8. The van der Waals surface area contributed by atoms with Crippen LogP contribution < -0.4 is 0 Å². The maximum atomic E-state index is 12.9. The molecule has 2 unspecified atom stereocenters. The van der Waals surface area contributed by atoms with Crippen molar-refractivity contribution < 1.29 is 14.2 Å². The van der Waals surface area contributed by atoms with Crippen molar-refractivity contribution >= 4 is 5.97 Å². The minimum Gasteiger partial charge on any atom is -0.781 e. The first-order chi connectivity index (χ1) is 9.08. The fourth-order valence-corrected chi connectivity index (χ4v) is 3.31. The molecule has 2 aliphatic heterocycles. The molecule has 0 radical (unpaired) electrons. The molecule has 0 aromatic carbocycles. The van der Waals surface area contributed by atoms with Crippen molar-refractivity contribution in [1.82, 2.24) is 5.06 Å². The number of quaternary nitrogens is 1. The van der Waals surface area contributed by atoms with E-state index in [2.05, 4.69) is 0 Å². The molecule has 0 aliphatic carbocycles. The van der Waals surface area contributed by atoms with Crippen LogP contribution in [0.3, 0.4) is 0 Å². The Kier molecular flexibility index (Phi) is 4.78. The van der Waals surface area contributed by atoms with Crippen LogP contribution in [0.25, 0.3) is 0 Å². The van der Waals surface area contributed by atoms with E-state index in [0.29, 0.717) is 39.1 Å². The molecule has 2 fully saturated rings. The number of carbonyl (C=O) groups is 1. The third-order valence-electron chi connectivity index (χ3n) is 4.19. The highest BCUT2D eigenvalue weighted by Gasteiger charge is 2.44. The summed E-state index contributed by atoms with van der Waals surface area (Å²) in [6.07, 6.45) is 3.16. The maximum Gasteiger partial charge on any atom is 0.316 e. The first-order valence-electron chi connectivity index (χ1n) is 7.26. The van der Waals surface area contributed by atoms with Crippen molar-refractivity contribution in [3.63, 3.8) is 0 Å². The van der Waals surface area contributed by atoms with E-state index < -0.39 is 16.7 Å². The van der Waals surface area contributed by atoms with E-state index >= 15 is 0 Å². The number of piperidine rings is 2. The highest BCUT2D eigenvalue weighted by atomic mass is 16.6. The first-order valence-corrected chi connectivity index (χ1v) is 7.26. The van der Waals surface area contributed by atoms with Gasteiger partial charge in [-0.05, 0) is 45.6 Å². The molecule has 2 aliphatic rings. The van der Waals surface area contributed by atoms with Gasteiger partial charge in [-0.2, -0.15) is 0 Å². The fraction of sp³-hybridized carbons (Fsp3) is 0.923. The number of carbonyl (C=O) groups excluding carboxylic acids is 1. The smallest absolute Gasteiger partial charge is 0.316 e. The van der Waals surface area contributed by atoms with Gasteiger partial charge in [-0.3, -0.25) is 4.79 Å². The van der Waals surface area contributed by atoms with Crippen molar-refractivity contribution in [2.75, 3.05) is 26.2 Å². The Labute approximate surface area is 114 Å². The van der Waals surface area contributed by atoms with Gasteiger partial charge in [0.25, 0.3) is 0 Å². The highest BCUT2D eigenvalue weighted by Crippen LogP contribution is 2.33. The van der Waals surface area contributed by atoms with E-state index in [4.69, 9.17) is 4.74 Å². The zero-order chi connectivity index (χ0) is 13.9. The van der Waals surface area contributed by atoms with E-state index in [1.165, 1.54) is 0 Å². The summed E-state index contributed by atoms with van der Waals surface area (Å²) in [5.74, 6) is -0.950. The monoisotopic (exact) mass is 271 g/mol. The third-order valence-corrected chi connectivity index (χ3v) is 4.19. The SMILES string of the molecule is CCOC(=O)C1CCCN([O-])C1[N+]1([O-])CCCCC1. The Balaban J connectivity index is 2.17. The van der Waals surface area contributed by atoms with Crippen molar-refractivity contribution in [2.45, 2.75) is 45.2 Å². The zero-order valence-electron chi connectivity index (χ0n) is 11.5. The lowest BCUT2D eigenvalue weighted by molar-refractivity contribution is -0.924. The second-order valence-corrected chi connectivity index (χ2v) is 5.52. The number of hydrogen-bond donors (Lipinski definition) is 0. The highest BCUT2D eigenvalue weighted by molar-refractivity contribution is 5.73. The van der Waals surface area contributed by atoms with Gasteiger partial charge in [-0.25, -0.2) is 0 Å². The number of hydrogen-bond acceptors (Lipinski definition) is 5. The van der Waals surface area contributed by atoms with Crippen LogP contribution in [0.5, 0.6) is 0 Å². The Hall–Kier alpha value is -0.690. The molecule has 110 valence electrons. The van der Waals surface area contributed by atoms with E-state index in [-0.39, 0.29) is 5.97 Å². The fourth-order valence-electron chi connectivity index (χ4n) is 3.31. The van der Waals surface area contributed by atoms with Crippen LogP contribution in [-0.2, 0) is 9.53 Å². The van der Waals surface area contributed by atoms with Crippen LogP contribution in [0.4, 0.5) is 0 Å². The van der Waals surface area contributed by atoms with E-state index in [1.54, 1.807) is 6.92 Å². The molecule has 6 heteroatoms. The van der Waals surface area contributed by atoms with Gasteiger partial charge in [-0.1, -0.05) is 0 Å². The van der Waals surface area contributed by atoms with E-state index in [1.807, 2.05) is 0 Å². The van der Waals surface area contributed by atoms with Crippen LogP contribution in [-0.4, -0.2) is 48.1 Å². The van der Waals surface area contributed by atoms with Crippen LogP contribution in [0.2, 0.25) is 0 Å². The average molecular weight is 271 g/mol.